The fourth-order valence-corrected chi connectivity index (χ4v) is 4.06. The minimum absolute atomic E-state index is 0.00202. The highest BCUT2D eigenvalue weighted by molar-refractivity contribution is 5.84. The van der Waals surface area contributed by atoms with Crippen LogP contribution in [0.3, 0.4) is 0 Å². The van der Waals surface area contributed by atoms with Crippen LogP contribution in [0.15, 0.2) is 0 Å². The molecule has 2 saturated carbocycles. The van der Waals surface area contributed by atoms with Gasteiger partial charge in [0.2, 0.25) is 34.8 Å². The summed E-state index contributed by atoms with van der Waals surface area (Å²) in [5.41, 5.74) is 0. The van der Waals surface area contributed by atoms with Gasteiger partial charge >= 0.3 is 5.97 Å². The lowest BCUT2D eigenvalue weighted by Gasteiger charge is -2.33. The lowest BCUT2D eigenvalue weighted by atomic mass is 9.71. The maximum atomic E-state index is 13.7. The molecule has 3 nitrogen and oxygen atoms in total. The maximum Gasteiger partial charge on any atom is 0.314 e. The van der Waals surface area contributed by atoms with E-state index in [1.807, 2.05) is 0 Å². The van der Waals surface area contributed by atoms with Crippen LogP contribution in [-0.2, 0) is 9.59 Å². The molecule has 0 saturated heterocycles. The van der Waals surface area contributed by atoms with Crippen molar-refractivity contribution in [3.05, 3.63) is 29.1 Å². The molecule has 2 aliphatic rings. The lowest BCUT2D eigenvalue weighted by molar-refractivity contribution is -0.145. The molecule has 0 unspecified atom stereocenters. The number of carbonyl (C=O) groups is 2. The van der Waals surface area contributed by atoms with Crippen molar-refractivity contribution < 1.29 is 36.3 Å². The molecule has 2 atom stereocenters. The first-order valence-electron chi connectivity index (χ1n) is 8.56. The van der Waals surface area contributed by atoms with Gasteiger partial charge in [-0.2, -0.15) is 8.78 Å². The number of rotatable bonds is 3. The zero-order valence-corrected chi connectivity index (χ0v) is 13.8. The van der Waals surface area contributed by atoms with E-state index in [0.717, 1.165) is 25.7 Å². The number of carbonyl (C=O) groups excluding carboxylic acids is 2. The molecular weight excluding hydrogens is 359 g/mol. The summed E-state index contributed by atoms with van der Waals surface area (Å²) in [4.78, 5) is 24.2. The van der Waals surface area contributed by atoms with Gasteiger partial charge in [-0.05, 0) is 18.3 Å². The predicted octanol–water partition coefficient (Wildman–Crippen LogP) is 4.46. The van der Waals surface area contributed by atoms with Crippen molar-refractivity contribution >= 4 is 11.8 Å². The van der Waals surface area contributed by atoms with Crippen molar-refractivity contribution in [2.75, 3.05) is 0 Å². The van der Waals surface area contributed by atoms with Crippen molar-refractivity contribution in [1.29, 1.82) is 0 Å². The Bertz CT molecular complexity index is 714. The number of hydrogen-bond donors (Lipinski definition) is 0. The fourth-order valence-electron chi connectivity index (χ4n) is 4.06. The van der Waals surface area contributed by atoms with Gasteiger partial charge in [0.25, 0.3) is 0 Å². The van der Waals surface area contributed by atoms with E-state index in [1.54, 1.807) is 0 Å². The summed E-state index contributed by atoms with van der Waals surface area (Å²) in [6.07, 6.45) is 4.05. The number of ketones is 1. The quantitative estimate of drug-likeness (QED) is 0.257. The molecule has 142 valence electrons. The standard InChI is InChI=1S/C18H17F5O3/c19-12-13(20)15(22)17(16(23)14(12)21)26-18(25)10-6-5-9(24)7-11(10)8-3-1-2-4-8/h8,10-11H,1-7H2/t10-,11+/m1/s1. The van der Waals surface area contributed by atoms with Crippen LogP contribution in [0.5, 0.6) is 5.75 Å². The molecule has 0 amide bonds. The molecule has 2 fully saturated rings. The average molecular weight is 376 g/mol. The first kappa shape index (κ1) is 18.8. The van der Waals surface area contributed by atoms with Gasteiger partial charge in [-0.25, -0.2) is 13.2 Å². The van der Waals surface area contributed by atoms with Crippen molar-refractivity contribution in [3.63, 3.8) is 0 Å². The van der Waals surface area contributed by atoms with Gasteiger partial charge in [-0.15, -0.1) is 0 Å². The van der Waals surface area contributed by atoms with Crippen LogP contribution < -0.4 is 4.74 Å². The minimum atomic E-state index is -2.31. The van der Waals surface area contributed by atoms with Crippen LogP contribution in [0, 0.1) is 46.8 Å². The highest BCUT2D eigenvalue weighted by Gasteiger charge is 2.41. The number of esters is 1. The Morgan fingerprint density at radius 1 is 0.846 bits per heavy atom. The predicted molar refractivity (Wildman–Crippen MR) is 79.7 cm³/mol. The van der Waals surface area contributed by atoms with E-state index >= 15 is 0 Å². The number of halogens is 5. The molecule has 0 aromatic heterocycles. The number of hydrogen-bond acceptors (Lipinski definition) is 3. The van der Waals surface area contributed by atoms with Crippen LogP contribution >= 0.6 is 0 Å². The Morgan fingerprint density at radius 2 is 1.38 bits per heavy atom. The average Bonchev–Trinajstić information content (AvgIpc) is 3.16. The maximum absolute atomic E-state index is 13.7. The zero-order valence-electron chi connectivity index (χ0n) is 13.8. The summed E-state index contributed by atoms with van der Waals surface area (Å²) >= 11 is 0. The van der Waals surface area contributed by atoms with Crippen LogP contribution in [0.2, 0.25) is 0 Å². The summed E-state index contributed by atoms with van der Waals surface area (Å²) in [5.74, 6) is -14.7. The van der Waals surface area contributed by atoms with Crippen LogP contribution in [-0.4, -0.2) is 11.8 Å². The normalized spacial score (nSPS) is 24.1. The Morgan fingerprint density at radius 3 is 1.96 bits per heavy atom. The Balaban J connectivity index is 1.86. The molecule has 1 aromatic carbocycles. The van der Waals surface area contributed by atoms with E-state index in [4.69, 9.17) is 0 Å². The van der Waals surface area contributed by atoms with E-state index < -0.39 is 46.7 Å². The highest BCUT2D eigenvalue weighted by Crippen LogP contribution is 2.42. The molecule has 8 heteroatoms. The lowest BCUT2D eigenvalue weighted by Crippen LogP contribution is -2.37. The smallest absolute Gasteiger partial charge is 0.314 e. The van der Waals surface area contributed by atoms with E-state index in [1.165, 1.54) is 0 Å². The Kier molecular flexibility index (Phi) is 5.29. The number of benzene rings is 1. The molecule has 0 aliphatic heterocycles. The molecule has 0 radical (unpaired) electrons. The van der Waals surface area contributed by atoms with Gasteiger partial charge in [-0.3, -0.25) is 9.59 Å². The summed E-state index contributed by atoms with van der Waals surface area (Å²) in [6.45, 7) is 0. The second-order valence-corrected chi connectivity index (χ2v) is 6.92. The molecule has 2 aliphatic carbocycles. The molecule has 1 aromatic rings. The van der Waals surface area contributed by atoms with E-state index in [2.05, 4.69) is 4.74 Å². The van der Waals surface area contributed by atoms with Crippen LogP contribution in [0.25, 0.3) is 0 Å². The Labute approximate surface area is 146 Å². The first-order valence-corrected chi connectivity index (χ1v) is 8.56. The Hall–Kier alpha value is -1.99. The second-order valence-electron chi connectivity index (χ2n) is 6.92. The third-order valence-corrected chi connectivity index (χ3v) is 5.39. The molecule has 0 heterocycles. The van der Waals surface area contributed by atoms with Crippen molar-refractivity contribution in [2.24, 2.45) is 17.8 Å². The minimum Gasteiger partial charge on any atom is -0.420 e. The monoisotopic (exact) mass is 376 g/mol. The van der Waals surface area contributed by atoms with E-state index in [-0.39, 0.29) is 36.9 Å². The summed E-state index contributed by atoms with van der Waals surface area (Å²) in [5, 5.41) is 0. The van der Waals surface area contributed by atoms with Gasteiger partial charge in [-0.1, -0.05) is 25.7 Å². The van der Waals surface area contributed by atoms with Gasteiger partial charge in [0.15, 0.2) is 0 Å². The number of ether oxygens (including phenoxy) is 1. The van der Waals surface area contributed by atoms with Gasteiger partial charge < -0.3 is 4.74 Å². The second kappa shape index (κ2) is 7.32. The third-order valence-electron chi connectivity index (χ3n) is 5.39. The molecule has 26 heavy (non-hydrogen) atoms. The summed E-state index contributed by atoms with van der Waals surface area (Å²) in [6, 6.07) is 0. The van der Waals surface area contributed by atoms with Gasteiger partial charge in [0, 0.05) is 12.8 Å². The topological polar surface area (TPSA) is 43.4 Å². The van der Waals surface area contributed by atoms with E-state index in [0.29, 0.717) is 0 Å². The molecule has 0 N–H and O–H groups in total. The number of Topliss-reactive ketones (excluding diaryl/α,β-unsaturated/α-hetero) is 1. The summed E-state index contributed by atoms with van der Waals surface area (Å²) in [7, 11) is 0. The van der Waals surface area contributed by atoms with Crippen LogP contribution in [0.4, 0.5) is 22.0 Å². The third kappa shape index (κ3) is 3.33. The molecular formula is C18H17F5O3. The molecule has 3 rings (SSSR count). The molecule has 0 spiro atoms. The first-order chi connectivity index (χ1) is 12.3. The largest absolute Gasteiger partial charge is 0.420 e. The summed E-state index contributed by atoms with van der Waals surface area (Å²) < 4.78 is 71.7. The van der Waals surface area contributed by atoms with Crippen molar-refractivity contribution in [3.8, 4) is 5.75 Å². The fraction of sp³-hybridized carbons (Fsp3) is 0.556. The van der Waals surface area contributed by atoms with Crippen molar-refractivity contribution in [1.82, 2.24) is 0 Å². The SMILES string of the molecule is O=C1CC[C@@H](C(=O)Oc2c(F)c(F)c(F)c(F)c2F)[C@H](C2CCCC2)C1. The van der Waals surface area contributed by atoms with Gasteiger partial charge in [0.05, 0.1) is 5.92 Å². The van der Waals surface area contributed by atoms with Crippen LogP contribution in [0.1, 0.15) is 44.9 Å². The highest BCUT2D eigenvalue weighted by atomic mass is 19.2. The van der Waals surface area contributed by atoms with E-state index in [9.17, 15) is 31.5 Å². The van der Waals surface area contributed by atoms with Gasteiger partial charge in [0.1, 0.15) is 5.78 Å². The molecule has 0 bridgehead atoms. The zero-order chi connectivity index (χ0) is 19.0. The van der Waals surface area contributed by atoms with Crippen molar-refractivity contribution in [2.45, 2.75) is 44.9 Å².